The van der Waals surface area contributed by atoms with Crippen molar-refractivity contribution in [2.75, 3.05) is 12.3 Å². The van der Waals surface area contributed by atoms with Crippen LogP contribution in [0, 0.1) is 0 Å². The van der Waals surface area contributed by atoms with Crippen molar-refractivity contribution in [1.82, 2.24) is 24.6 Å². The molecule has 4 aromatic rings. The predicted octanol–water partition coefficient (Wildman–Crippen LogP) is 5.27. The third-order valence-corrected chi connectivity index (χ3v) is 14.0. The van der Waals surface area contributed by atoms with Gasteiger partial charge in [-0.05, 0) is 35.8 Å². The van der Waals surface area contributed by atoms with Crippen molar-refractivity contribution in [3.05, 3.63) is 60.6 Å². The van der Waals surface area contributed by atoms with Crippen molar-refractivity contribution in [2.45, 2.75) is 70.0 Å². The molecule has 0 radical (unpaired) electrons. The van der Waals surface area contributed by atoms with Crippen LogP contribution in [0.3, 0.4) is 0 Å². The van der Waals surface area contributed by atoms with E-state index in [0.717, 1.165) is 5.56 Å². The highest BCUT2D eigenvalue weighted by Gasteiger charge is 2.57. The Morgan fingerprint density at radius 1 is 1.17 bits per heavy atom. The lowest BCUT2D eigenvalue weighted by Gasteiger charge is -2.41. The number of ether oxygens (including phenoxy) is 1. The SMILES string of the molecule is CC(C)(C)[Si](C)(C)O[C@H]1C2O[P@](=O)(NCc3ccccc3)OCC2O[C@H]1n1c(-c2ccco2)nc2c(N)ncnc21. The van der Waals surface area contributed by atoms with Crippen LogP contribution in [-0.2, 0) is 29.3 Å². The van der Waals surface area contributed by atoms with Crippen LogP contribution in [0.15, 0.2) is 59.5 Å². The molecule has 41 heavy (non-hydrogen) atoms. The Bertz CT molecular complexity index is 1570. The molecule has 0 spiro atoms. The minimum atomic E-state index is -3.70. The molecule has 2 unspecified atom stereocenters. The lowest BCUT2D eigenvalue weighted by molar-refractivity contribution is -0.0589. The minimum absolute atomic E-state index is 0.0530. The van der Waals surface area contributed by atoms with Crippen LogP contribution in [0.25, 0.3) is 22.7 Å². The summed E-state index contributed by atoms with van der Waals surface area (Å²) >= 11 is 0. The first kappa shape index (κ1) is 28.2. The van der Waals surface area contributed by atoms with E-state index < -0.39 is 40.6 Å². The van der Waals surface area contributed by atoms with Gasteiger partial charge >= 0.3 is 7.75 Å². The second-order valence-corrected chi connectivity index (χ2v) is 18.3. The summed E-state index contributed by atoms with van der Waals surface area (Å²) in [6.45, 7) is 11.2. The van der Waals surface area contributed by atoms with Gasteiger partial charge in [0.2, 0.25) is 0 Å². The Balaban J connectivity index is 1.41. The van der Waals surface area contributed by atoms with E-state index in [0.29, 0.717) is 29.3 Å². The fourth-order valence-corrected chi connectivity index (χ4v) is 7.60. The van der Waals surface area contributed by atoms with Gasteiger partial charge in [-0.1, -0.05) is 51.1 Å². The third kappa shape index (κ3) is 5.27. The molecule has 5 heterocycles. The van der Waals surface area contributed by atoms with Crippen molar-refractivity contribution >= 4 is 33.0 Å². The van der Waals surface area contributed by atoms with Crippen LogP contribution in [0.2, 0.25) is 18.1 Å². The normalized spacial score (nSPS) is 26.9. The molecule has 3 aromatic heterocycles. The van der Waals surface area contributed by atoms with E-state index in [1.807, 2.05) is 34.9 Å². The van der Waals surface area contributed by atoms with Gasteiger partial charge in [-0.25, -0.2) is 24.6 Å². The topological polar surface area (TPSA) is 149 Å². The van der Waals surface area contributed by atoms with Crippen LogP contribution in [0.5, 0.6) is 0 Å². The first-order valence-electron chi connectivity index (χ1n) is 13.5. The Labute approximate surface area is 239 Å². The standard InChI is InChI=1S/C27H35N6O6PSi/c1-27(2,3)41(4,5)39-22-21-19(15-36-40(34,38-21)31-14-17-10-7-6-8-11-17)37-26(22)33-24(18-12-9-13-35-18)32-20-23(28)29-16-30-25(20)33/h6-13,16,19,21-22,26H,14-15H2,1-5H3,(H,31,34)(H2,28,29,30)/t19?,21?,22-,26+,40-/m0/s1. The highest BCUT2D eigenvalue weighted by Crippen LogP contribution is 2.55. The fourth-order valence-electron chi connectivity index (χ4n) is 4.80. The second kappa shape index (κ2) is 10.4. The second-order valence-electron chi connectivity index (χ2n) is 11.8. The number of aromatic nitrogens is 4. The van der Waals surface area contributed by atoms with Crippen LogP contribution in [-0.4, -0.2) is 52.8 Å². The van der Waals surface area contributed by atoms with E-state index in [2.05, 4.69) is 48.9 Å². The van der Waals surface area contributed by atoms with Crippen LogP contribution >= 0.6 is 7.75 Å². The molecule has 14 heteroatoms. The third-order valence-electron chi connectivity index (χ3n) is 8.01. The van der Waals surface area contributed by atoms with E-state index in [-0.39, 0.29) is 17.5 Å². The highest BCUT2D eigenvalue weighted by atomic mass is 31.2. The summed E-state index contributed by atoms with van der Waals surface area (Å²) in [5.74, 6) is 1.18. The molecule has 2 aliphatic heterocycles. The summed E-state index contributed by atoms with van der Waals surface area (Å²) in [6.07, 6.45) is 0.268. The Morgan fingerprint density at radius 2 is 1.95 bits per heavy atom. The maximum absolute atomic E-state index is 13.8. The number of fused-ring (bicyclic) bond motifs is 2. The number of rotatable bonds is 7. The zero-order valence-electron chi connectivity index (χ0n) is 23.7. The van der Waals surface area contributed by atoms with Gasteiger partial charge in [0.05, 0.1) is 12.9 Å². The lowest BCUT2D eigenvalue weighted by Crippen LogP contribution is -2.50. The number of furan rings is 1. The summed E-state index contributed by atoms with van der Waals surface area (Å²) in [4.78, 5) is 13.4. The molecule has 5 atom stereocenters. The first-order chi connectivity index (χ1) is 19.5. The predicted molar refractivity (Wildman–Crippen MR) is 155 cm³/mol. The average Bonchev–Trinajstić information content (AvgIpc) is 3.66. The van der Waals surface area contributed by atoms with Gasteiger partial charge in [-0.2, -0.15) is 0 Å². The number of benzene rings is 1. The first-order valence-corrected chi connectivity index (χ1v) is 18.0. The molecule has 3 N–H and O–H groups in total. The zero-order chi connectivity index (χ0) is 29.0. The molecule has 6 rings (SSSR count). The van der Waals surface area contributed by atoms with Gasteiger partial charge in [0.25, 0.3) is 0 Å². The molecule has 0 aliphatic carbocycles. The quantitative estimate of drug-likeness (QED) is 0.212. The van der Waals surface area contributed by atoms with Gasteiger partial charge in [0.15, 0.2) is 43.1 Å². The monoisotopic (exact) mass is 598 g/mol. The van der Waals surface area contributed by atoms with Gasteiger partial charge in [0.1, 0.15) is 24.6 Å². The van der Waals surface area contributed by atoms with Gasteiger partial charge < -0.3 is 19.3 Å². The molecule has 0 saturated carbocycles. The van der Waals surface area contributed by atoms with Gasteiger partial charge in [-0.3, -0.25) is 13.6 Å². The maximum atomic E-state index is 13.8. The van der Waals surface area contributed by atoms with Gasteiger partial charge in [-0.15, -0.1) is 0 Å². The maximum Gasteiger partial charge on any atom is 0.406 e. The van der Waals surface area contributed by atoms with E-state index in [1.165, 1.54) is 6.33 Å². The van der Waals surface area contributed by atoms with Crippen molar-refractivity contribution in [3.8, 4) is 11.6 Å². The summed E-state index contributed by atoms with van der Waals surface area (Å²) < 4.78 is 47.0. The van der Waals surface area contributed by atoms with Crippen molar-refractivity contribution in [1.29, 1.82) is 0 Å². The molecule has 2 aliphatic rings. The molecule has 218 valence electrons. The number of anilines is 1. The molecule has 2 fully saturated rings. The number of nitrogen functional groups attached to an aromatic ring is 1. The number of imidazole rings is 1. The number of nitrogens with two attached hydrogens (primary N) is 1. The molecular weight excluding hydrogens is 563 g/mol. The number of nitrogens with one attached hydrogen (secondary N) is 1. The molecule has 1 aromatic carbocycles. The Morgan fingerprint density at radius 3 is 2.66 bits per heavy atom. The zero-order valence-corrected chi connectivity index (χ0v) is 25.6. The Kier molecular flexibility index (Phi) is 7.18. The smallest absolute Gasteiger partial charge is 0.406 e. The molecule has 12 nitrogen and oxygen atoms in total. The fraction of sp³-hybridized carbons (Fsp3) is 0.444. The average molecular weight is 599 g/mol. The Hall–Kier alpha value is -2.90. The molecule has 0 bridgehead atoms. The van der Waals surface area contributed by atoms with E-state index >= 15 is 0 Å². The van der Waals surface area contributed by atoms with E-state index in [9.17, 15) is 4.57 Å². The molecule has 2 saturated heterocycles. The summed E-state index contributed by atoms with van der Waals surface area (Å²) in [5, 5.41) is 2.88. The highest BCUT2D eigenvalue weighted by molar-refractivity contribution is 7.51. The minimum Gasteiger partial charge on any atom is -0.461 e. The molecular formula is C27H35N6O6PSi. The largest absolute Gasteiger partial charge is 0.461 e. The van der Waals surface area contributed by atoms with Crippen molar-refractivity contribution in [3.63, 3.8) is 0 Å². The van der Waals surface area contributed by atoms with E-state index in [1.54, 1.807) is 18.4 Å². The van der Waals surface area contributed by atoms with Crippen LogP contribution in [0.4, 0.5) is 5.82 Å². The van der Waals surface area contributed by atoms with Crippen LogP contribution < -0.4 is 10.8 Å². The number of nitrogens with zero attached hydrogens (tertiary/aromatic N) is 4. The molecule has 0 amide bonds. The van der Waals surface area contributed by atoms with Crippen LogP contribution in [0.1, 0.15) is 32.6 Å². The number of hydrogen-bond acceptors (Lipinski definition) is 10. The van der Waals surface area contributed by atoms with Gasteiger partial charge in [0, 0.05) is 6.54 Å². The van der Waals surface area contributed by atoms with Crippen molar-refractivity contribution in [2.24, 2.45) is 0 Å². The van der Waals surface area contributed by atoms with Crippen molar-refractivity contribution < 1.29 is 27.2 Å². The number of hydrogen-bond donors (Lipinski definition) is 2. The van der Waals surface area contributed by atoms with E-state index in [4.69, 9.17) is 33.3 Å². The summed E-state index contributed by atoms with van der Waals surface area (Å²) in [6, 6.07) is 13.2. The summed E-state index contributed by atoms with van der Waals surface area (Å²) in [7, 11) is -6.10. The lowest BCUT2D eigenvalue weighted by atomic mass is 10.1. The summed E-state index contributed by atoms with van der Waals surface area (Å²) in [5.41, 5.74) is 8.03.